The lowest BCUT2D eigenvalue weighted by Gasteiger charge is -2.15. The summed E-state index contributed by atoms with van der Waals surface area (Å²) in [4.78, 5) is 0. The average Bonchev–Trinajstić information content (AvgIpc) is 2.31. The first kappa shape index (κ1) is 20.1. The van der Waals surface area contributed by atoms with Crippen LogP contribution >= 0.6 is 0 Å². The maximum Gasteiger partial charge on any atom is 0.416 e. The smallest absolute Gasteiger partial charge is 0.166 e. The van der Waals surface area contributed by atoms with Gasteiger partial charge in [0.05, 0.1) is 11.1 Å². The first-order valence-electron chi connectivity index (χ1n) is 5.88. The molecule has 0 aromatic heterocycles. The molecule has 0 aliphatic rings. The summed E-state index contributed by atoms with van der Waals surface area (Å²) >= 11 is 0. The highest BCUT2D eigenvalue weighted by atomic mass is 19.4. The molecule has 1 aromatic rings. The molecule has 6 heteroatoms. The molecule has 0 nitrogen and oxygen atoms in total. The third kappa shape index (κ3) is 5.98. The lowest BCUT2D eigenvalue weighted by atomic mass is 10.0. The van der Waals surface area contributed by atoms with Crippen LogP contribution in [0.15, 0.2) is 18.2 Å². The van der Waals surface area contributed by atoms with Crippen LogP contribution in [0.2, 0.25) is 0 Å². The molecule has 0 heterocycles. The first-order valence-corrected chi connectivity index (χ1v) is 5.88. The average molecular weight is 288 g/mol. The maximum absolute atomic E-state index is 12.2. The quantitative estimate of drug-likeness (QED) is 0.507. The highest BCUT2D eigenvalue weighted by Crippen LogP contribution is 2.38. The van der Waals surface area contributed by atoms with E-state index in [-0.39, 0.29) is 0 Å². The Kier molecular flexibility index (Phi) is 8.55. The van der Waals surface area contributed by atoms with Gasteiger partial charge in [0.15, 0.2) is 0 Å². The summed E-state index contributed by atoms with van der Waals surface area (Å²) in [7, 11) is 0. The Hall–Kier alpha value is -1.20. The van der Waals surface area contributed by atoms with Gasteiger partial charge in [0.2, 0.25) is 0 Å². The lowest BCUT2D eigenvalue weighted by Crippen LogP contribution is -2.14. The topological polar surface area (TPSA) is 0 Å². The Morgan fingerprint density at radius 3 is 1.16 bits per heavy atom. The van der Waals surface area contributed by atoms with Gasteiger partial charge in [0, 0.05) is 0 Å². The van der Waals surface area contributed by atoms with E-state index in [0.29, 0.717) is 12.1 Å². The molecule has 0 aliphatic heterocycles. The molecule has 0 saturated carbocycles. The second-order valence-corrected chi connectivity index (χ2v) is 2.97. The van der Waals surface area contributed by atoms with Gasteiger partial charge in [-0.05, 0) is 24.6 Å². The van der Waals surface area contributed by atoms with Crippen molar-refractivity contribution in [3.63, 3.8) is 0 Å². The third-order valence-corrected chi connectivity index (χ3v) is 1.94. The van der Waals surface area contributed by atoms with E-state index < -0.39 is 29.0 Å². The van der Waals surface area contributed by atoms with E-state index in [1.54, 1.807) is 0 Å². The minimum absolute atomic E-state index is 0.630. The molecule has 0 N–H and O–H groups in total. The first-order chi connectivity index (χ1) is 8.64. The predicted octanol–water partition coefficient (Wildman–Crippen LogP) is 6.09. The van der Waals surface area contributed by atoms with Gasteiger partial charge in [-0.1, -0.05) is 33.8 Å². The molecule has 0 unspecified atom stereocenters. The maximum atomic E-state index is 12.2. The van der Waals surface area contributed by atoms with Crippen LogP contribution in [0.5, 0.6) is 0 Å². The Morgan fingerprint density at radius 2 is 0.947 bits per heavy atom. The van der Waals surface area contributed by atoms with Crippen LogP contribution in [-0.4, -0.2) is 0 Å². The molecule has 0 bridgehead atoms. The summed E-state index contributed by atoms with van der Waals surface area (Å²) in [5.41, 5.74) is -3.30. The van der Waals surface area contributed by atoms with Crippen molar-refractivity contribution in [2.24, 2.45) is 0 Å². The number of hydrogen-bond acceptors (Lipinski definition) is 0. The molecule has 0 radical (unpaired) electrons. The van der Waals surface area contributed by atoms with Crippen molar-refractivity contribution in [2.75, 3.05) is 0 Å². The van der Waals surface area contributed by atoms with E-state index in [1.165, 1.54) is 0 Å². The highest BCUT2D eigenvalue weighted by molar-refractivity contribution is 5.37. The molecule has 1 aromatic carbocycles. The molecule has 0 spiro atoms. The van der Waals surface area contributed by atoms with Crippen molar-refractivity contribution in [3.8, 4) is 0 Å². The Labute approximate surface area is 109 Å². The fourth-order valence-corrected chi connectivity index (χ4v) is 1.25. The van der Waals surface area contributed by atoms with Crippen LogP contribution in [0.4, 0.5) is 26.3 Å². The molecular weight excluding hydrogens is 270 g/mol. The number of alkyl halides is 6. The molecule has 0 saturated heterocycles. The highest BCUT2D eigenvalue weighted by Gasteiger charge is 2.38. The van der Waals surface area contributed by atoms with Crippen molar-refractivity contribution in [2.45, 2.75) is 47.0 Å². The molecule has 0 fully saturated rings. The SMILES string of the molecule is CC.CC.Cc1c(C(F)(F)F)cccc1C(F)(F)F. The van der Waals surface area contributed by atoms with E-state index in [0.717, 1.165) is 13.0 Å². The molecule has 0 atom stereocenters. The molecule has 112 valence electrons. The van der Waals surface area contributed by atoms with Crippen LogP contribution in [0.1, 0.15) is 44.4 Å². The second kappa shape index (κ2) is 8.07. The van der Waals surface area contributed by atoms with Gasteiger partial charge in [-0.3, -0.25) is 0 Å². The second-order valence-electron chi connectivity index (χ2n) is 2.97. The van der Waals surface area contributed by atoms with E-state index in [2.05, 4.69) is 0 Å². The number of hydrogen-bond donors (Lipinski definition) is 0. The Bertz CT molecular complexity index is 330. The zero-order valence-electron chi connectivity index (χ0n) is 11.5. The molecule has 19 heavy (non-hydrogen) atoms. The molecule has 1 rings (SSSR count). The summed E-state index contributed by atoms with van der Waals surface area (Å²) in [6.45, 7) is 8.81. The zero-order chi connectivity index (χ0) is 15.9. The van der Waals surface area contributed by atoms with Gasteiger partial charge in [0.25, 0.3) is 0 Å². The van der Waals surface area contributed by atoms with Gasteiger partial charge in [-0.15, -0.1) is 0 Å². The van der Waals surface area contributed by atoms with Crippen molar-refractivity contribution in [3.05, 3.63) is 34.9 Å². The fraction of sp³-hybridized carbons (Fsp3) is 0.538. The summed E-state index contributed by atoms with van der Waals surface area (Å²) in [5, 5.41) is 0. The van der Waals surface area contributed by atoms with E-state index in [9.17, 15) is 26.3 Å². The van der Waals surface area contributed by atoms with E-state index in [1.807, 2.05) is 27.7 Å². The van der Waals surface area contributed by atoms with Gasteiger partial charge in [-0.2, -0.15) is 26.3 Å². The van der Waals surface area contributed by atoms with Gasteiger partial charge >= 0.3 is 12.4 Å². The van der Waals surface area contributed by atoms with Crippen molar-refractivity contribution >= 4 is 0 Å². The Morgan fingerprint density at radius 1 is 0.684 bits per heavy atom. The summed E-state index contributed by atoms with van der Waals surface area (Å²) in [6, 6.07) is 2.01. The standard InChI is InChI=1S/C9H6F6.2C2H6/c1-5-6(8(10,11)12)3-2-4-7(5)9(13,14)15;2*1-2/h2-4H,1H3;2*1-2H3. The van der Waals surface area contributed by atoms with Crippen molar-refractivity contribution in [1.82, 2.24) is 0 Å². The summed E-state index contributed by atoms with van der Waals surface area (Å²) in [6.07, 6.45) is -9.52. The summed E-state index contributed by atoms with van der Waals surface area (Å²) < 4.78 is 73.5. The van der Waals surface area contributed by atoms with Crippen molar-refractivity contribution in [1.29, 1.82) is 0 Å². The summed E-state index contributed by atoms with van der Waals surface area (Å²) in [5.74, 6) is 0. The van der Waals surface area contributed by atoms with Crippen LogP contribution in [0.3, 0.4) is 0 Å². The van der Waals surface area contributed by atoms with Crippen LogP contribution < -0.4 is 0 Å². The molecular formula is C13H18F6. The normalized spacial score (nSPS) is 10.9. The van der Waals surface area contributed by atoms with Gasteiger partial charge in [0.1, 0.15) is 0 Å². The van der Waals surface area contributed by atoms with Gasteiger partial charge in [-0.25, -0.2) is 0 Å². The molecule has 0 amide bonds. The van der Waals surface area contributed by atoms with Crippen LogP contribution in [0.25, 0.3) is 0 Å². The fourth-order valence-electron chi connectivity index (χ4n) is 1.25. The van der Waals surface area contributed by atoms with E-state index >= 15 is 0 Å². The number of benzene rings is 1. The molecule has 0 aliphatic carbocycles. The monoisotopic (exact) mass is 288 g/mol. The number of halogens is 6. The van der Waals surface area contributed by atoms with Gasteiger partial charge < -0.3 is 0 Å². The van der Waals surface area contributed by atoms with Crippen LogP contribution in [0, 0.1) is 6.92 Å². The number of rotatable bonds is 0. The minimum atomic E-state index is -4.76. The van der Waals surface area contributed by atoms with Crippen LogP contribution in [-0.2, 0) is 12.4 Å². The predicted molar refractivity (Wildman–Crippen MR) is 63.9 cm³/mol. The van der Waals surface area contributed by atoms with E-state index in [4.69, 9.17) is 0 Å². The lowest BCUT2D eigenvalue weighted by molar-refractivity contribution is -0.143. The largest absolute Gasteiger partial charge is 0.416 e. The minimum Gasteiger partial charge on any atom is -0.166 e. The Balaban J connectivity index is 0. The third-order valence-electron chi connectivity index (χ3n) is 1.94. The van der Waals surface area contributed by atoms with Crippen molar-refractivity contribution < 1.29 is 26.3 Å². The zero-order valence-corrected chi connectivity index (χ0v) is 11.5.